The van der Waals surface area contributed by atoms with E-state index in [2.05, 4.69) is 4.40 Å². The highest BCUT2D eigenvalue weighted by molar-refractivity contribution is 7.90. The van der Waals surface area contributed by atoms with Gasteiger partial charge < -0.3 is 0 Å². The Morgan fingerprint density at radius 2 is 1.65 bits per heavy atom. The van der Waals surface area contributed by atoms with Crippen molar-refractivity contribution >= 4 is 38.4 Å². The Morgan fingerprint density at radius 1 is 1.05 bits per heavy atom. The van der Waals surface area contributed by atoms with Crippen LogP contribution < -0.4 is 0 Å². The molecule has 3 nitrogen and oxygen atoms in total. The van der Waals surface area contributed by atoms with Gasteiger partial charge in [0, 0.05) is 5.56 Å². The van der Waals surface area contributed by atoms with Gasteiger partial charge in [-0.1, -0.05) is 59.1 Å². The van der Waals surface area contributed by atoms with E-state index in [-0.39, 0.29) is 10.1 Å². The van der Waals surface area contributed by atoms with Crippen molar-refractivity contribution in [2.24, 2.45) is 4.40 Å². The maximum atomic E-state index is 12.1. The lowest BCUT2D eigenvalue weighted by molar-refractivity contribution is 0.598. The van der Waals surface area contributed by atoms with E-state index in [9.17, 15) is 8.42 Å². The normalized spacial score (nSPS) is 12.4. The molecule has 0 spiro atoms. The molecule has 20 heavy (non-hydrogen) atoms. The zero-order valence-electron chi connectivity index (χ0n) is 10.5. The van der Waals surface area contributed by atoms with Crippen molar-refractivity contribution < 1.29 is 8.42 Å². The maximum absolute atomic E-state index is 12.1. The molecule has 2 aromatic carbocycles. The van der Waals surface area contributed by atoms with Crippen LogP contribution in [0.3, 0.4) is 0 Å². The van der Waals surface area contributed by atoms with E-state index in [1.54, 1.807) is 36.4 Å². The van der Waals surface area contributed by atoms with E-state index in [1.807, 2.05) is 6.92 Å². The van der Waals surface area contributed by atoms with Gasteiger partial charge in [-0.25, -0.2) is 0 Å². The molecule has 0 bridgehead atoms. The molecule has 0 fully saturated rings. The van der Waals surface area contributed by atoms with Gasteiger partial charge in [0.25, 0.3) is 10.0 Å². The first kappa shape index (κ1) is 15.0. The van der Waals surface area contributed by atoms with Crippen molar-refractivity contribution in [3.63, 3.8) is 0 Å². The van der Waals surface area contributed by atoms with E-state index in [0.29, 0.717) is 10.6 Å². The van der Waals surface area contributed by atoms with Gasteiger partial charge in [0.05, 0.1) is 9.92 Å². The monoisotopic (exact) mass is 327 g/mol. The molecular weight excluding hydrogens is 317 g/mol. The molecule has 0 amide bonds. The first-order chi connectivity index (χ1) is 9.40. The molecule has 0 aliphatic heterocycles. The van der Waals surface area contributed by atoms with Crippen molar-refractivity contribution in [3.8, 4) is 0 Å². The number of rotatable bonds is 3. The zero-order chi connectivity index (χ0) is 14.8. The number of aryl methyl sites for hydroxylation is 1. The minimum absolute atomic E-state index is 0.0910. The van der Waals surface area contributed by atoms with Gasteiger partial charge in [-0.15, -0.1) is 4.40 Å². The van der Waals surface area contributed by atoms with Gasteiger partial charge >= 0.3 is 0 Å². The van der Waals surface area contributed by atoms with Crippen LogP contribution in [0, 0.1) is 6.92 Å². The summed E-state index contributed by atoms with van der Waals surface area (Å²) in [4.78, 5) is 0.0910. The molecule has 0 atom stereocenters. The molecule has 104 valence electrons. The topological polar surface area (TPSA) is 46.5 Å². The molecule has 0 heterocycles. The van der Waals surface area contributed by atoms with Crippen LogP contribution >= 0.6 is 23.2 Å². The molecule has 0 N–H and O–H groups in total. The summed E-state index contributed by atoms with van der Waals surface area (Å²) in [6.45, 7) is 1.87. The lowest BCUT2D eigenvalue weighted by Gasteiger charge is -2.03. The maximum Gasteiger partial charge on any atom is 0.283 e. The summed E-state index contributed by atoms with van der Waals surface area (Å²) >= 11 is 11.9. The highest BCUT2D eigenvalue weighted by Crippen LogP contribution is 2.20. The summed E-state index contributed by atoms with van der Waals surface area (Å²) < 4.78 is 27.9. The Balaban J connectivity index is 2.43. The Labute approximate surface area is 127 Å². The molecular formula is C14H11Cl2NO2S. The fourth-order valence-electron chi connectivity index (χ4n) is 1.55. The van der Waals surface area contributed by atoms with Gasteiger partial charge in [0.2, 0.25) is 0 Å². The summed E-state index contributed by atoms with van der Waals surface area (Å²) in [7, 11) is -3.84. The number of hydrogen-bond acceptors (Lipinski definition) is 2. The number of nitrogens with zero attached hydrogens (tertiary/aromatic N) is 1. The second-order valence-corrected chi connectivity index (χ2v) is 6.52. The molecule has 2 rings (SSSR count). The van der Waals surface area contributed by atoms with E-state index < -0.39 is 10.0 Å². The highest BCUT2D eigenvalue weighted by Gasteiger charge is 2.15. The number of benzene rings is 2. The lowest BCUT2D eigenvalue weighted by Crippen LogP contribution is -2.02. The van der Waals surface area contributed by atoms with Crippen LogP contribution in [0.1, 0.15) is 11.1 Å². The summed E-state index contributed by atoms with van der Waals surface area (Å²) in [5.74, 6) is 0. The summed E-state index contributed by atoms with van der Waals surface area (Å²) in [5, 5.41) is 0.191. The Kier molecular flexibility index (Phi) is 4.48. The van der Waals surface area contributed by atoms with Crippen LogP contribution in [-0.2, 0) is 10.0 Å². The molecule has 0 aliphatic carbocycles. The van der Waals surface area contributed by atoms with Crippen LogP contribution in [-0.4, -0.2) is 13.6 Å². The third kappa shape index (κ3) is 3.39. The fraction of sp³-hybridized carbons (Fsp3) is 0.0714. The summed E-state index contributed by atoms with van der Waals surface area (Å²) in [6.07, 6.45) is 0. The van der Waals surface area contributed by atoms with Crippen LogP contribution in [0.25, 0.3) is 0 Å². The largest absolute Gasteiger partial charge is 0.283 e. The number of halogens is 2. The van der Waals surface area contributed by atoms with Gasteiger partial charge in [0.15, 0.2) is 5.17 Å². The predicted octanol–water partition coefficient (Wildman–Crippen LogP) is 4.02. The van der Waals surface area contributed by atoms with E-state index in [1.165, 1.54) is 12.1 Å². The molecule has 0 saturated carbocycles. The van der Waals surface area contributed by atoms with Crippen LogP contribution in [0.5, 0.6) is 0 Å². The van der Waals surface area contributed by atoms with Crippen molar-refractivity contribution in [1.29, 1.82) is 0 Å². The predicted molar refractivity (Wildman–Crippen MR) is 82.2 cm³/mol. The van der Waals surface area contributed by atoms with Gasteiger partial charge in [0.1, 0.15) is 0 Å². The van der Waals surface area contributed by atoms with Crippen molar-refractivity contribution in [3.05, 3.63) is 64.7 Å². The molecule has 2 aromatic rings. The molecule has 0 saturated heterocycles. The summed E-state index contributed by atoms with van der Waals surface area (Å²) in [5.41, 5.74) is 1.34. The summed E-state index contributed by atoms with van der Waals surface area (Å²) in [6, 6.07) is 13.0. The molecule has 0 aliphatic rings. The second kappa shape index (κ2) is 5.95. The molecule has 0 radical (unpaired) electrons. The Hall–Kier alpha value is -1.36. The van der Waals surface area contributed by atoms with Crippen molar-refractivity contribution in [2.45, 2.75) is 11.8 Å². The van der Waals surface area contributed by atoms with Crippen molar-refractivity contribution in [2.75, 3.05) is 0 Å². The first-order valence-electron chi connectivity index (χ1n) is 5.72. The third-order valence-corrected chi connectivity index (χ3v) is 4.62. The molecule has 6 heteroatoms. The van der Waals surface area contributed by atoms with E-state index in [0.717, 1.165) is 5.56 Å². The molecule has 0 aromatic heterocycles. The smallest absolute Gasteiger partial charge is 0.199 e. The van der Waals surface area contributed by atoms with Crippen LogP contribution in [0.4, 0.5) is 0 Å². The average Bonchev–Trinajstić information content (AvgIpc) is 2.39. The Morgan fingerprint density at radius 3 is 2.25 bits per heavy atom. The minimum Gasteiger partial charge on any atom is -0.199 e. The standard InChI is InChI=1S/C14H11Cl2NO2S/c1-10-6-8-11(9-7-10)20(18,19)17-14(16)12-4-2-3-5-13(12)15/h2-9H,1H3/b17-14+. The quantitative estimate of drug-likeness (QED) is 0.799. The Bertz CT molecular complexity index is 753. The van der Waals surface area contributed by atoms with Crippen molar-refractivity contribution in [1.82, 2.24) is 0 Å². The van der Waals surface area contributed by atoms with E-state index >= 15 is 0 Å². The van der Waals surface area contributed by atoms with Crippen LogP contribution in [0.15, 0.2) is 57.8 Å². The highest BCUT2D eigenvalue weighted by atomic mass is 35.5. The average molecular weight is 328 g/mol. The lowest BCUT2D eigenvalue weighted by atomic mass is 10.2. The van der Waals surface area contributed by atoms with Crippen LogP contribution in [0.2, 0.25) is 5.02 Å². The third-order valence-electron chi connectivity index (χ3n) is 2.62. The second-order valence-electron chi connectivity index (χ2n) is 4.15. The number of hydrogen-bond donors (Lipinski definition) is 0. The first-order valence-corrected chi connectivity index (χ1v) is 7.92. The zero-order valence-corrected chi connectivity index (χ0v) is 12.9. The molecule has 0 unspecified atom stereocenters. The van der Waals surface area contributed by atoms with Gasteiger partial charge in [-0.3, -0.25) is 0 Å². The van der Waals surface area contributed by atoms with Gasteiger partial charge in [-0.05, 0) is 25.1 Å². The van der Waals surface area contributed by atoms with Gasteiger partial charge in [-0.2, -0.15) is 8.42 Å². The number of sulfonamides is 1. The SMILES string of the molecule is Cc1ccc(S(=O)(=O)/N=C(/Cl)c2ccccc2Cl)cc1. The minimum atomic E-state index is -3.84. The van der Waals surface area contributed by atoms with E-state index in [4.69, 9.17) is 23.2 Å². The fourth-order valence-corrected chi connectivity index (χ4v) is 3.15.